The second-order valence-corrected chi connectivity index (χ2v) is 9.13. The number of hydrazone groups is 1. The van der Waals surface area contributed by atoms with Crippen LogP contribution in [0.2, 0.25) is 0 Å². The van der Waals surface area contributed by atoms with Gasteiger partial charge < -0.3 is 9.47 Å². The summed E-state index contributed by atoms with van der Waals surface area (Å²) in [4.78, 5) is 24.8. The number of carbonyl (C=O) groups excluding carboxylic acids is 2. The Morgan fingerprint density at radius 1 is 0.971 bits per heavy atom. The normalized spacial score (nSPS) is 11.0. The molecule has 0 saturated carbocycles. The van der Waals surface area contributed by atoms with Gasteiger partial charge in [0.15, 0.2) is 6.61 Å². The van der Waals surface area contributed by atoms with E-state index in [1.165, 1.54) is 6.21 Å². The number of halogens is 1. The van der Waals surface area contributed by atoms with Gasteiger partial charge in [0.2, 0.25) is 0 Å². The number of rotatable bonds is 8. The number of hydrogen-bond donors (Lipinski definition) is 1. The molecule has 0 fully saturated rings. The molecule has 0 aliphatic carbocycles. The third-order valence-corrected chi connectivity index (χ3v) is 5.50. The number of benzene rings is 3. The zero-order valence-corrected chi connectivity index (χ0v) is 21.2. The van der Waals surface area contributed by atoms with E-state index in [0.717, 1.165) is 21.2 Å². The molecule has 0 aliphatic rings. The van der Waals surface area contributed by atoms with Crippen LogP contribution in [0.5, 0.6) is 11.5 Å². The predicted octanol–water partition coefficient (Wildman–Crippen LogP) is 5.94. The molecule has 0 radical (unpaired) electrons. The van der Waals surface area contributed by atoms with Gasteiger partial charge in [-0.2, -0.15) is 5.10 Å². The lowest BCUT2D eigenvalue weighted by Gasteiger charge is -2.14. The minimum absolute atomic E-state index is 0.172. The number of ether oxygens (including phenoxy) is 2. The van der Waals surface area contributed by atoms with Gasteiger partial charge in [-0.25, -0.2) is 10.2 Å². The Bertz CT molecular complexity index is 1200. The number of nitrogens with zero attached hydrogens (tertiary/aromatic N) is 1. The second-order valence-electron chi connectivity index (χ2n) is 8.22. The van der Waals surface area contributed by atoms with Gasteiger partial charge >= 0.3 is 5.97 Å². The molecule has 0 atom stereocenters. The highest BCUT2D eigenvalue weighted by Gasteiger charge is 2.12. The summed E-state index contributed by atoms with van der Waals surface area (Å²) in [6, 6.07) is 18.2. The Morgan fingerprint density at radius 3 is 2.38 bits per heavy atom. The molecular weight excluding hydrogens is 496 g/mol. The van der Waals surface area contributed by atoms with Crippen molar-refractivity contribution in [3.8, 4) is 11.5 Å². The van der Waals surface area contributed by atoms with E-state index >= 15 is 0 Å². The van der Waals surface area contributed by atoms with Crippen LogP contribution in [0, 0.1) is 13.8 Å². The molecule has 1 amide bonds. The van der Waals surface area contributed by atoms with Crippen molar-refractivity contribution < 1.29 is 19.1 Å². The first-order chi connectivity index (χ1) is 16.2. The van der Waals surface area contributed by atoms with E-state index in [0.29, 0.717) is 22.6 Å². The van der Waals surface area contributed by atoms with E-state index in [1.54, 1.807) is 30.3 Å². The maximum atomic E-state index is 12.5. The summed E-state index contributed by atoms with van der Waals surface area (Å²) >= 11 is 3.40. The maximum Gasteiger partial charge on any atom is 0.343 e. The summed E-state index contributed by atoms with van der Waals surface area (Å²) in [5.41, 5.74) is 6.57. The van der Waals surface area contributed by atoms with Gasteiger partial charge in [-0.05, 0) is 67.3 Å². The van der Waals surface area contributed by atoms with E-state index in [1.807, 2.05) is 44.2 Å². The average Bonchev–Trinajstić information content (AvgIpc) is 2.79. The molecule has 0 saturated heterocycles. The third kappa shape index (κ3) is 7.02. The summed E-state index contributed by atoms with van der Waals surface area (Å²) in [6.07, 6.45) is 1.42. The highest BCUT2D eigenvalue weighted by molar-refractivity contribution is 9.10. The average molecular weight is 523 g/mol. The molecule has 0 heterocycles. The summed E-state index contributed by atoms with van der Waals surface area (Å²) < 4.78 is 12.1. The van der Waals surface area contributed by atoms with Crippen LogP contribution in [0.25, 0.3) is 0 Å². The Labute approximate surface area is 208 Å². The van der Waals surface area contributed by atoms with Gasteiger partial charge in [0, 0.05) is 10.0 Å². The molecule has 0 bridgehead atoms. The van der Waals surface area contributed by atoms with Crippen molar-refractivity contribution in [3.63, 3.8) is 0 Å². The lowest BCUT2D eigenvalue weighted by Crippen LogP contribution is -2.25. The van der Waals surface area contributed by atoms with Crippen molar-refractivity contribution in [1.29, 1.82) is 0 Å². The largest absolute Gasteiger partial charge is 0.483 e. The zero-order chi connectivity index (χ0) is 24.7. The van der Waals surface area contributed by atoms with Crippen molar-refractivity contribution in [1.82, 2.24) is 5.43 Å². The molecule has 3 rings (SSSR count). The lowest BCUT2D eigenvalue weighted by atomic mass is 10.0. The molecule has 0 aliphatic heterocycles. The monoisotopic (exact) mass is 522 g/mol. The Hall–Kier alpha value is -3.45. The first-order valence-corrected chi connectivity index (χ1v) is 11.7. The molecule has 3 aromatic carbocycles. The van der Waals surface area contributed by atoms with Crippen molar-refractivity contribution in [2.45, 2.75) is 33.6 Å². The fourth-order valence-corrected chi connectivity index (χ4v) is 3.53. The molecule has 176 valence electrons. The van der Waals surface area contributed by atoms with E-state index in [4.69, 9.17) is 9.47 Å². The number of amides is 1. The van der Waals surface area contributed by atoms with E-state index in [2.05, 4.69) is 40.3 Å². The number of aryl methyl sites for hydroxylation is 2. The number of esters is 1. The standard InChI is InChI=1S/C27H27BrN2O4/c1-17(2)23-11-7-19(4)13-25(23)33-16-26(31)30-29-15-21-14-22(28)10-12-24(21)34-27(32)20-8-5-18(3)6-9-20/h5-15,17H,16H2,1-4H3,(H,30,31)/b29-15-. The topological polar surface area (TPSA) is 77.0 Å². The Morgan fingerprint density at radius 2 is 1.68 bits per heavy atom. The first kappa shape index (κ1) is 25.2. The van der Waals surface area contributed by atoms with Crippen LogP contribution >= 0.6 is 15.9 Å². The highest BCUT2D eigenvalue weighted by atomic mass is 79.9. The minimum atomic E-state index is -0.478. The molecular formula is C27H27BrN2O4. The molecule has 0 aromatic heterocycles. The minimum Gasteiger partial charge on any atom is -0.483 e. The van der Waals surface area contributed by atoms with Gasteiger partial charge in [0.05, 0.1) is 11.8 Å². The van der Waals surface area contributed by atoms with Crippen molar-refractivity contribution in [2.24, 2.45) is 5.10 Å². The maximum absolute atomic E-state index is 12.5. The van der Waals surface area contributed by atoms with Crippen LogP contribution in [-0.2, 0) is 4.79 Å². The van der Waals surface area contributed by atoms with Gasteiger partial charge in [0.1, 0.15) is 11.5 Å². The van der Waals surface area contributed by atoms with Crippen LogP contribution in [0.15, 0.2) is 70.2 Å². The van der Waals surface area contributed by atoms with Crippen LogP contribution in [0.1, 0.15) is 52.4 Å². The number of hydrogen-bond acceptors (Lipinski definition) is 5. The van der Waals surface area contributed by atoms with Crippen LogP contribution in [-0.4, -0.2) is 24.7 Å². The summed E-state index contributed by atoms with van der Waals surface area (Å²) in [7, 11) is 0. The van der Waals surface area contributed by atoms with Gasteiger partial charge in [-0.1, -0.05) is 59.6 Å². The summed E-state index contributed by atoms with van der Waals surface area (Å²) in [5, 5.41) is 4.01. The van der Waals surface area contributed by atoms with Crippen LogP contribution in [0.3, 0.4) is 0 Å². The third-order valence-electron chi connectivity index (χ3n) is 5.00. The summed E-state index contributed by atoms with van der Waals surface area (Å²) in [5.74, 6) is 0.402. The highest BCUT2D eigenvalue weighted by Crippen LogP contribution is 2.27. The summed E-state index contributed by atoms with van der Waals surface area (Å²) in [6.45, 7) is 7.89. The zero-order valence-electron chi connectivity index (χ0n) is 19.6. The van der Waals surface area contributed by atoms with E-state index in [9.17, 15) is 9.59 Å². The molecule has 34 heavy (non-hydrogen) atoms. The fraction of sp³-hybridized carbons (Fsp3) is 0.222. The first-order valence-electron chi connectivity index (χ1n) is 10.9. The lowest BCUT2D eigenvalue weighted by molar-refractivity contribution is -0.123. The van der Waals surface area contributed by atoms with Crippen molar-refractivity contribution in [3.05, 3.63) is 93.0 Å². The second kappa shape index (κ2) is 11.6. The Balaban J connectivity index is 1.64. The molecule has 3 aromatic rings. The molecule has 6 nitrogen and oxygen atoms in total. The van der Waals surface area contributed by atoms with Gasteiger partial charge in [0.25, 0.3) is 5.91 Å². The molecule has 7 heteroatoms. The van der Waals surface area contributed by atoms with Crippen molar-refractivity contribution in [2.75, 3.05) is 6.61 Å². The molecule has 0 unspecified atom stereocenters. The number of nitrogens with one attached hydrogen (secondary N) is 1. The van der Waals surface area contributed by atoms with E-state index in [-0.39, 0.29) is 12.5 Å². The smallest absolute Gasteiger partial charge is 0.343 e. The van der Waals surface area contributed by atoms with Crippen LogP contribution in [0.4, 0.5) is 0 Å². The van der Waals surface area contributed by atoms with E-state index < -0.39 is 11.9 Å². The Kier molecular flexibility index (Phi) is 8.60. The fourth-order valence-electron chi connectivity index (χ4n) is 3.15. The van der Waals surface area contributed by atoms with Gasteiger partial charge in [-0.15, -0.1) is 0 Å². The number of carbonyl (C=O) groups is 2. The molecule has 1 N–H and O–H groups in total. The van der Waals surface area contributed by atoms with Crippen molar-refractivity contribution >= 4 is 34.0 Å². The van der Waals surface area contributed by atoms with Crippen LogP contribution < -0.4 is 14.9 Å². The van der Waals surface area contributed by atoms with Gasteiger partial charge in [-0.3, -0.25) is 4.79 Å². The molecule has 0 spiro atoms. The SMILES string of the molecule is Cc1ccc(C(=O)Oc2ccc(Br)cc2/C=N\NC(=O)COc2cc(C)ccc2C(C)C)cc1. The predicted molar refractivity (Wildman–Crippen MR) is 137 cm³/mol. The quantitative estimate of drug-likeness (QED) is 0.172.